The third-order valence-corrected chi connectivity index (χ3v) is 4.29. The number of carbonyl (C=O) groups is 2. The summed E-state index contributed by atoms with van der Waals surface area (Å²) in [7, 11) is 2.81. The van der Waals surface area contributed by atoms with Crippen LogP contribution in [-0.2, 0) is 14.3 Å². The molecule has 2 aromatic carbocycles. The minimum absolute atomic E-state index is 0.139. The molecule has 0 aliphatic rings. The Kier molecular flexibility index (Phi) is 6.86. The number of ether oxygens (including phenoxy) is 2. The fourth-order valence-electron chi connectivity index (χ4n) is 2.37. The highest BCUT2D eigenvalue weighted by Crippen LogP contribution is 2.26. The molecule has 1 amide bonds. The molecule has 1 atom stereocenters. The van der Waals surface area contributed by atoms with E-state index in [4.69, 9.17) is 21.1 Å². The molecule has 2 rings (SSSR count). The monoisotopic (exact) mass is 376 g/mol. The van der Waals surface area contributed by atoms with Gasteiger partial charge in [0, 0.05) is 10.7 Å². The number of para-hydroxylation sites is 2. The van der Waals surface area contributed by atoms with Crippen molar-refractivity contribution >= 4 is 34.9 Å². The number of nitrogens with one attached hydrogen (secondary N) is 2. The van der Waals surface area contributed by atoms with Crippen molar-refractivity contribution in [3.05, 3.63) is 53.1 Å². The Labute approximate surface area is 157 Å². The SMILES string of the molecule is COC(=O)C[C@H](Nc1ccccc1OC)C(=O)Nc1cccc(Cl)c1C. The number of rotatable bonds is 7. The van der Waals surface area contributed by atoms with E-state index in [0.29, 0.717) is 22.1 Å². The van der Waals surface area contributed by atoms with Gasteiger partial charge in [0.2, 0.25) is 5.91 Å². The first-order valence-corrected chi connectivity index (χ1v) is 8.36. The predicted molar refractivity (Wildman–Crippen MR) is 102 cm³/mol. The van der Waals surface area contributed by atoms with Crippen LogP contribution in [-0.4, -0.2) is 32.1 Å². The first-order chi connectivity index (χ1) is 12.5. The van der Waals surface area contributed by atoms with Crippen LogP contribution in [0.5, 0.6) is 5.75 Å². The molecule has 26 heavy (non-hydrogen) atoms. The van der Waals surface area contributed by atoms with Crippen molar-refractivity contribution in [3.8, 4) is 5.75 Å². The Morgan fingerprint density at radius 1 is 1.08 bits per heavy atom. The quantitative estimate of drug-likeness (QED) is 0.721. The number of anilines is 2. The summed E-state index contributed by atoms with van der Waals surface area (Å²) in [4.78, 5) is 24.5. The van der Waals surface area contributed by atoms with Gasteiger partial charge in [0.1, 0.15) is 11.8 Å². The lowest BCUT2D eigenvalue weighted by Crippen LogP contribution is -2.37. The van der Waals surface area contributed by atoms with E-state index in [0.717, 1.165) is 5.56 Å². The van der Waals surface area contributed by atoms with Crippen molar-refractivity contribution in [2.75, 3.05) is 24.9 Å². The molecule has 6 nitrogen and oxygen atoms in total. The Morgan fingerprint density at radius 2 is 1.77 bits per heavy atom. The standard InChI is InChI=1S/C19H21ClN2O4/c1-12-13(20)7-6-9-14(12)22-19(24)16(11-18(23)26-3)21-15-8-4-5-10-17(15)25-2/h4-10,16,21H,11H2,1-3H3,(H,22,24)/t16-/m0/s1. The van der Waals surface area contributed by atoms with E-state index in [-0.39, 0.29) is 12.3 Å². The highest BCUT2D eigenvalue weighted by atomic mass is 35.5. The van der Waals surface area contributed by atoms with Gasteiger partial charge in [0.15, 0.2) is 0 Å². The highest BCUT2D eigenvalue weighted by molar-refractivity contribution is 6.31. The molecule has 0 unspecified atom stereocenters. The minimum Gasteiger partial charge on any atom is -0.495 e. The summed E-state index contributed by atoms with van der Waals surface area (Å²) in [6, 6.07) is 11.5. The van der Waals surface area contributed by atoms with E-state index >= 15 is 0 Å². The zero-order chi connectivity index (χ0) is 19.1. The third-order valence-electron chi connectivity index (χ3n) is 3.88. The van der Waals surface area contributed by atoms with Gasteiger partial charge >= 0.3 is 5.97 Å². The number of esters is 1. The Morgan fingerprint density at radius 3 is 2.46 bits per heavy atom. The number of halogens is 1. The van der Waals surface area contributed by atoms with Gasteiger partial charge in [-0.25, -0.2) is 0 Å². The molecule has 0 aromatic heterocycles. The first kappa shape index (κ1) is 19.6. The number of hydrogen-bond donors (Lipinski definition) is 2. The van der Waals surface area contributed by atoms with E-state index < -0.39 is 12.0 Å². The largest absolute Gasteiger partial charge is 0.495 e. The number of amides is 1. The van der Waals surface area contributed by atoms with Crippen molar-refractivity contribution < 1.29 is 19.1 Å². The van der Waals surface area contributed by atoms with Gasteiger partial charge in [-0.05, 0) is 36.8 Å². The van der Waals surface area contributed by atoms with E-state index in [9.17, 15) is 9.59 Å². The molecule has 0 saturated carbocycles. The Hall–Kier alpha value is -2.73. The molecule has 0 spiro atoms. The van der Waals surface area contributed by atoms with Gasteiger partial charge in [0.05, 0.1) is 26.3 Å². The maximum absolute atomic E-state index is 12.8. The predicted octanol–water partition coefficient (Wildman–Crippen LogP) is 3.64. The van der Waals surface area contributed by atoms with Crippen LogP contribution in [0.4, 0.5) is 11.4 Å². The van der Waals surface area contributed by atoms with Gasteiger partial charge in [0.25, 0.3) is 0 Å². The van der Waals surface area contributed by atoms with Crippen molar-refractivity contribution in [1.29, 1.82) is 0 Å². The molecule has 0 saturated heterocycles. The smallest absolute Gasteiger partial charge is 0.308 e. The lowest BCUT2D eigenvalue weighted by Gasteiger charge is -2.20. The first-order valence-electron chi connectivity index (χ1n) is 7.98. The highest BCUT2D eigenvalue weighted by Gasteiger charge is 2.24. The van der Waals surface area contributed by atoms with Crippen LogP contribution in [0.1, 0.15) is 12.0 Å². The Balaban J connectivity index is 2.24. The van der Waals surface area contributed by atoms with Crippen molar-refractivity contribution in [2.24, 2.45) is 0 Å². The molecule has 0 radical (unpaired) electrons. The summed E-state index contributed by atoms with van der Waals surface area (Å²) in [6.45, 7) is 1.81. The normalized spacial score (nSPS) is 11.4. The van der Waals surface area contributed by atoms with Crippen molar-refractivity contribution in [3.63, 3.8) is 0 Å². The fraction of sp³-hybridized carbons (Fsp3) is 0.263. The summed E-state index contributed by atoms with van der Waals surface area (Å²) in [5.74, 6) is -0.323. The zero-order valence-corrected chi connectivity index (χ0v) is 15.6. The summed E-state index contributed by atoms with van der Waals surface area (Å²) in [6.07, 6.45) is -0.139. The van der Waals surface area contributed by atoms with Crippen LogP contribution < -0.4 is 15.4 Å². The topological polar surface area (TPSA) is 76.7 Å². The molecule has 2 N–H and O–H groups in total. The maximum Gasteiger partial charge on any atom is 0.308 e. The number of methoxy groups -OCH3 is 2. The van der Waals surface area contributed by atoms with Crippen molar-refractivity contribution in [1.82, 2.24) is 0 Å². The molecule has 0 aliphatic carbocycles. The lowest BCUT2D eigenvalue weighted by molar-refractivity contribution is -0.142. The summed E-state index contributed by atoms with van der Waals surface area (Å²) in [5.41, 5.74) is 1.93. The third kappa shape index (κ3) is 4.89. The molecular formula is C19H21ClN2O4. The van der Waals surface area contributed by atoms with Gasteiger partial charge in [-0.1, -0.05) is 29.8 Å². The molecule has 0 fully saturated rings. The molecule has 2 aromatic rings. The average molecular weight is 377 g/mol. The van der Waals surface area contributed by atoms with Crippen LogP contribution in [0.25, 0.3) is 0 Å². The van der Waals surface area contributed by atoms with Crippen molar-refractivity contribution in [2.45, 2.75) is 19.4 Å². The number of hydrogen-bond acceptors (Lipinski definition) is 5. The van der Waals surface area contributed by atoms with E-state index in [1.807, 2.05) is 6.07 Å². The van der Waals surface area contributed by atoms with Crippen LogP contribution in [0.2, 0.25) is 5.02 Å². The van der Waals surface area contributed by atoms with Crippen LogP contribution in [0.3, 0.4) is 0 Å². The van der Waals surface area contributed by atoms with Gasteiger partial charge in [-0.15, -0.1) is 0 Å². The second kappa shape index (κ2) is 9.10. The van der Waals surface area contributed by atoms with E-state index in [1.165, 1.54) is 14.2 Å². The molecule has 138 valence electrons. The average Bonchev–Trinajstić information content (AvgIpc) is 2.65. The van der Waals surface area contributed by atoms with Gasteiger partial charge < -0.3 is 20.1 Å². The number of carbonyl (C=O) groups excluding carboxylic acids is 2. The molecular weight excluding hydrogens is 356 g/mol. The second-order valence-corrected chi connectivity index (χ2v) is 5.99. The summed E-state index contributed by atoms with van der Waals surface area (Å²) in [5, 5.41) is 6.40. The van der Waals surface area contributed by atoms with E-state index in [1.54, 1.807) is 43.3 Å². The van der Waals surface area contributed by atoms with Crippen LogP contribution in [0, 0.1) is 6.92 Å². The van der Waals surface area contributed by atoms with Crippen LogP contribution in [0.15, 0.2) is 42.5 Å². The minimum atomic E-state index is -0.850. The summed E-state index contributed by atoms with van der Waals surface area (Å²) >= 11 is 6.10. The number of benzene rings is 2. The lowest BCUT2D eigenvalue weighted by atomic mass is 10.1. The fourth-order valence-corrected chi connectivity index (χ4v) is 2.55. The molecule has 7 heteroatoms. The Bertz CT molecular complexity index is 795. The van der Waals surface area contributed by atoms with Crippen LogP contribution >= 0.6 is 11.6 Å². The van der Waals surface area contributed by atoms with Gasteiger partial charge in [-0.2, -0.15) is 0 Å². The van der Waals surface area contributed by atoms with E-state index in [2.05, 4.69) is 10.6 Å². The molecule has 0 heterocycles. The zero-order valence-electron chi connectivity index (χ0n) is 14.8. The summed E-state index contributed by atoms with van der Waals surface area (Å²) < 4.78 is 9.99. The second-order valence-electron chi connectivity index (χ2n) is 5.58. The van der Waals surface area contributed by atoms with Gasteiger partial charge in [-0.3, -0.25) is 9.59 Å². The molecule has 0 aliphatic heterocycles. The maximum atomic E-state index is 12.8. The molecule has 0 bridgehead atoms.